The van der Waals surface area contributed by atoms with E-state index in [1.807, 2.05) is 25.1 Å². The molecule has 1 aromatic carbocycles. The second-order valence-corrected chi connectivity index (χ2v) is 4.71. The Bertz CT molecular complexity index is 386. The van der Waals surface area contributed by atoms with Gasteiger partial charge in [0.15, 0.2) is 0 Å². The van der Waals surface area contributed by atoms with Crippen LogP contribution in [-0.2, 0) is 11.3 Å². The Morgan fingerprint density at radius 3 is 3.00 bits per heavy atom. The van der Waals surface area contributed by atoms with Crippen LogP contribution in [0.15, 0.2) is 18.2 Å². The molecule has 17 heavy (non-hydrogen) atoms. The number of rotatable bonds is 4. The zero-order chi connectivity index (χ0) is 12.3. The van der Waals surface area contributed by atoms with Gasteiger partial charge in [0.05, 0.1) is 6.61 Å². The summed E-state index contributed by atoms with van der Waals surface area (Å²) in [6, 6.07) is 5.67. The Kier molecular flexibility index (Phi) is 3.66. The zero-order valence-corrected chi connectivity index (χ0v) is 10.1. The van der Waals surface area contributed by atoms with Crippen molar-refractivity contribution < 1.29 is 14.9 Å². The molecule has 4 heteroatoms. The molecule has 0 aliphatic carbocycles. The van der Waals surface area contributed by atoms with Crippen LogP contribution in [0, 0.1) is 6.92 Å². The molecule has 2 rings (SSSR count). The van der Waals surface area contributed by atoms with Gasteiger partial charge in [0, 0.05) is 31.7 Å². The van der Waals surface area contributed by atoms with Crippen molar-refractivity contribution in [2.75, 3.05) is 19.8 Å². The maximum atomic E-state index is 10.0. The third-order valence-electron chi connectivity index (χ3n) is 3.17. The molecule has 0 radical (unpaired) electrons. The standard InChI is InChI=1S/C13H19NO3/c1-10-3-2-4-11(12(10)15)7-14-8-13(16)5-6-17-9-13/h2-4,14-16H,5-9H2,1H3. The number of benzene rings is 1. The van der Waals surface area contributed by atoms with Crippen LogP contribution in [0.25, 0.3) is 0 Å². The first-order valence-corrected chi connectivity index (χ1v) is 5.89. The van der Waals surface area contributed by atoms with Gasteiger partial charge >= 0.3 is 0 Å². The molecule has 1 aliphatic rings. The van der Waals surface area contributed by atoms with Gasteiger partial charge < -0.3 is 20.3 Å². The summed E-state index contributed by atoms with van der Waals surface area (Å²) in [6.07, 6.45) is 0.666. The van der Waals surface area contributed by atoms with E-state index in [0.29, 0.717) is 38.5 Å². The van der Waals surface area contributed by atoms with Crippen molar-refractivity contribution in [3.63, 3.8) is 0 Å². The maximum absolute atomic E-state index is 10.0. The van der Waals surface area contributed by atoms with E-state index in [-0.39, 0.29) is 0 Å². The number of phenols is 1. The zero-order valence-electron chi connectivity index (χ0n) is 10.1. The van der Waals surface area contributed by atoms with Crippen molar-refractivity contribution in [2.24, 2.45) is 0 Å². The largest absolute Gasteiger partial charge is 0.507 e. The third-order valence-corrected chi connectivity index (χ3v) is 3.17. The lowest BCUT2D eigenvalue weighted by Crippen LogP contribution is -2.40. The van der Waals surface area contributed by atoms with Gasteiger partial charge in [0.1, 0.15) is 11.4 Å². The van der Waals surface area contributed by atoms with Crippen LogP contribution in [0.1, 0.15) is 17.5 Å². The van der Waals surface area contributed by atoms with Gasteiger partial charge in [-0.2, -0.15) is 0 Å². The number of phenolic OH excluding ortho intramolecular Hbond substituents is 1. The van der Waals surface area contributed by atoms with Gasteiger partial charge in [0.2, 0.25) is 0 Å². The molecule has 94 valence electrons. The fourth-order valence-electron chi connectivity index (χ4n) is 2.03. The molecule has 4 nitrogen and oxygen atoms in total. The number of aromatic hydroxyl groups is 1. The average Bonchev–Trinajstić information content (AvgIpc) is 2.72. The highest BCUT2D eigenvalue weighted by molar-refractivity contribution is 5.39. The third kappa shape index (κ3) is 2.97. The minimum Gasteiger partial charge on any atom is -0.507 e. The fourth-order valence-corrected chi connectivity index (χ4v) is 2.03. The first-order chi connectivity index (χ1) is 8.11. The smallest absolute Gasteiger partial charge is 0.122 e. The molecular weight excluding hydrogens is 218 g/mol. The minimum absolute atomic E-state index is 0.328. The number of nitrogens with one attached hydrogen (secondary N) is 1. The molecular formula is C13H19NO3. The predicted molar refractivity (Wildman–Crippen MR) is 64.9 cm³/mol. The minimum atomic E-state index is -0.751. The van der Waals surface area contributed by atoms with Gasteiger partial charge in [-0.25, -0.2) is 0 Å². The summed E-state index contributed by atoms with van der Waals surface area (Å²) >= 11 is 0. The number of para-hydroxylation sites is 1. The summed E-state index contributed by atoms with van der Waals surface area (Å²) in [5, 5.41) is 23.0. The van der Waals surface area contributed by atoms with Crippen molar-refractivity contribution in [3.05, 3.63) is 29.3 Å². The molecule has 0 spiro atoms. The molecule has 0 aromatic heterocycles. The number of ether oxygens (including phenoxy) is 1. The Balaban J connectivity index is 1.88. The van der Waals surface area contributed by atoms with E-state index in [2.05, 4.69) is 5.32 Å². The quantitative estimate of drug-likeness (QED) is 0.729. The van der Waals surface area contributed by atoms with Gasteiger partial charge in [-0.15, -0.1) is 0 Å². The molecule has 0 bridgehead atoms. The van der Waals surface area contributed by atoms with Crippen molar-refractivity contribution >= 4 is 0 Å². The topological polar surface area (TPSA) is 61.7 Å². The number of aliphatic hydroxyl groups is 1. The van der Waals surface area contributed by atoms with E-state index in [4.69, 9.17) is 4.74 Å². The lowest BCUT2D eigenvalue weighted by molar-refractivity contribution is 0.0268. The predicted octanol–water partition coefficient (Wildman–Crippen LogP) is 0.942. The highest BCUT2D eigenvalue weighted by Crippen LogP contribution is 2.22. The lowest BCUT2D eigenvalue weighted by atomic mass is 10.0. The Hall–Kier alpha value is -1.10. The van der Waals surface area contributed by atoms with Crippen LogP contribution in [0.3, 0.4) is 0 Å². The Morgan fingerprint density at radius 1 is 1.47 bits per heavy atom. The molecule has 1 aromatic rings. The van der Waals surface area contributed by atoms with Gasteiger partial charge in [-0.3, -0.25) is 0 Å². The molecule has 1 atom stereocenters. The molecule has 1 aliphatic heterocycles. The van der Waals surface area contributed by atoms with Crippen LogP contribution in [-0.4, -0.2) is 35.6 Å². The molecule has 1 fully saturated rings. The number of hydrogen-bond acceptors (Lipinski definition) is 4. The highest BCUT2D eigenvalue weighted by atomic mass is 16.5. The summed E-state index contributed by atoms with van der Waals surface area (Å²) in [6.45, 7) is 3.92. The molecule has 0 saturated carbocycles. The SMILES string of the molecule is Cc1cccc(CNCC2(O)CCOC2)c1O. The van der Waals surface area contributed by atoms with E-state index in [9.17, 15) is 10.2 Å². The van der Waals surface area contributed by atoms with Crippen molar-refractivity contribution in [2.45, 2.75) is 25.5 Å². The van der Waals surface area contributed by atoms with E-state index in [0.717, 1.165) is 11.1 Å². The van der Waals surface area contributed by atoms with Crippen LogP contribution in [0.5, 0.6) is 5.75 Å². The van der Waals surface area contributed by atoms with E-state index >= 15 is 0 Å². The van der Waals surface area contributed by atoms with Crippen molar-refractivity contribution in [1.82, 2.24) is 5.32 Å². The van der Waals surface area contributed by atoms with Crippen molar-refractivity contribution in [3.8, 4) is 5.75 Å². The molecule has 1 heterocycles. The van der Waals surface area contributed by atoms with E-state index in [1.165, 1.54) is 0 Å². The van der Waals surface area contributed by atoms with E-state index in [1.54, 1.807) is 0 Å². The first-order valence-electron chi connectivity index (χ1n) is 5.89. The summed E-state index contributed by atoms with van der Waals surface area (Å²) in [5.74, 6) is 0.328. The van der Waals surface area contributed by atoms with Crippen LogP contribution < -0.4 is 5.32 Å². The van der Waals surface area contributed by atoms with E-state index < -0.39 is 5.60 Å². The summed E-state index contributed by atoms with van der Waals surface area (Å²) in [5.41, 5.74) is 0.971. The average molecular weight is 237 g/mol. The van der Waals surface area contributed by atoms with Crippen LogP contribution in [0.2, 0.25) is 0 Å². The number of aryl methyl sites for hydroxylation is 1. The van der Waals surface area contributed by atoms with Gasteiger partial charge in [-0.1, -0.05) is 18.2 Å². The molecule has 0 amide bonds. The number of hydrogen-bond donors (Lipinski definition) is 3. The molecule has 1 unspecified atom stereocenters. The van der Waals surface area contributed by atoms with Gasteiger partial charge in [0.25, 0.3) is 0 Å². The Labute approximate surface area is 101 Å². The first kappa shape index (κ1) is 12.4. The summed E-state index contributed by atoms with van der Waals surface area (Å²) < 4.78 is 5.17. The van der Waals surface area contributed by atoms with Crippen LogP contribution >= 0.6 is 0 Å². The lowest BCUT2D eigenvalue weighted by Gasteiger charge is -2.21. The maximum Gasteiger partial charge on any atom is 0.122 e. The normalized spacial score (nSPS) is 24.1. The second-order valence-electron chi connectivity index (χ2n) is 4.71. The summed E-state index contributed by atoms with van der Waals surface area (Å²) in [4.78, 5) is 0. The van der Waals surface area contributed by atoms with Crippen molar-refractivity contribution in [1.29, 1.82) is 0 Å². The second kappa shape index (κ2) is 5.04. The Morgan fingerprint density at radius 2 is 2.29 bits per heavy atom. The molecule has 1 saturated heterocycles. The highest BCUT2D eigenvalue weighted by Gasteiger charge is 2.31. The van der Waals surface area contributed by atoms with Crippen LogP contribution in [0.4, 0.5) is 0 Å². The monoisotopic (exact) mass is 237 g/mol. The fraction of sp³-hybridized carbons (Fsp3) is 0.538. The van der Waals surface area contributed by atoms with Gasteiger partial charge in [-0.05, 0) is 12.5 Å². The summed E-state index contributed by atoms with van der Waals surface area (Å²) in [7, 11) is 0. The molecule has 3 N–H and O–H groups in total.